The van der Waals surface area contributed by atoms with Gasteiger partial charge in [-0.2, -0.15) is 4.68 Å². The fourth-order valence-electron chi connectivity index (χ4n) is 6.03. The minimum atomic E-state index is -1.22. The first-order chi connectivity index (χ1) is 26.1. The first kappa shape index (κ1) is 38.6. The van der Waals surface area contributed by atoms with Crippen LogP contribution in [0, 0.1) is 0 Å². The van der Waals surface area contributed by atoms with Crippen LogP contribution in [0.2, 0.25) is 5.02 Å². The number of rotatable bonds is 10. The molecule has 1 atom stereocenters. The summed E-state index contributed by atoms with van der Waals surface area (Å²) in [6.45, 7) is 11.0. The number of tetrazole rings is 1. The molecule has 3 aromatic carbocycles. The van der Waals surface area contributed by atoms with Crippen LogP contribution in [0.15, 0.2) is 73.1 Å². The summed E-state index contributed by atoms with van der Waals surface area (Å²) >= 11 is 6.19. The fourth-order valence-corrected chi connectivity index (χ4v) is 6.20. The Morgan fingerprint density at radius 3 is 2.38 bits per heavy atom. The molecule has 16 nitrogen and oxygen atoms in total. The highest BCUT2D eigenvalue weighted by atomic mass is 35.5. The summed E-state index contributed by atoms with van der Waals surface area (Å²) in [5.74, 6) is -3.29. The van der Waals surface area contributed by atoms with Gasteiger partial charge in [0, 0.05) is 52.9 Å². The molecule has 55 heavy (non-hydrogen) atoms. The van der Waals surface area contributed by atoms with E-state index in [9.17, 15) is 24.0 Å². The third-order valence-electron chi connectivity index (χ3n) is 8.81. The molecular formula is C38H41ClN10O6. The molecule has 0 radical (unpaired) electrons. The number of piperazine rings is 1. The topological polar surface area (TPSA) is 197 Å². The Morgan fingerprint density at radius 2 is 1.71 bits per heavy atom. The maximum atomic E-state index is 13.9. The smallest absolute Gasteiger partial charge is 0.355 e. The predicted molar refractivity (Wildman–Crippen MR) is 206 cm³/mol. The fraction of sp³-hybridized carbons (Fsp3) is 0.316. The summed E-state index contributed by atoms with van der Waals surface area (Å²) in [5, 5.41) is 19.9. The molecular weight excluding hydrogens is 728 g/mol. The Balaban J connectivity index is 1.21. The van der Waals surface area contributed by atoms with E-state index in [0.29, 0.717) is 46.6 Å². The zero-order valence-corrected chi connectivity index (χ0v) is 31.7. The number of anilines is 3. The summed E-state index contributed by atoms with van der Waals surface area (Å²) in [6.07, 6.45) is 1.32. The quantitative estimate of drug-likeness (QED) is 0.119. The van der Waals surface area contributed by atoms with Crippen molar-refractivity contribution >= 4 is 69.2 Å². The van der Waals surface area contributed by atoms with Gasteiger partial charge in [-0.1, -0.05) is 23.7 Å². The van der Waals surface area contributed by atoms with Gasteiger partial charge in [-0.05, 0) is 105 Å². The molecule has 17 heteroatoms. The van der Waals surface area contributed by atoms with Gasteiger partial charge in [0.25, 0.3) is 0 Å². The number of amides is 4. The van der Waals surface area contributed by atoms with Gasteiger partial charge >= 0.3 is 17.8 Å². The van der Waals surface area contributed by atoms with Crippen molar-refractivity contribution in [3.8, 4) is 5.69 Å². The lowest BCUT2D eigenvalue weighted by atomic mass is 10.0. The number of hydrogen-bond donors (Lipinski definition) is 4. The molecule has 2 aromatic heterocycles. The Hall–Kier alpha value is -6.13. The van der Waals surface area contributed by atoms with Crippen LogP contribution in [0.1, 0.15) is 50.7 Å². The van der Waals surface area contributed by atoms with Crippen LogP contribution < -0.4 is 20.9 Å². The molecule has 5 aromatic rings. The van der Waals surface area contributed by atoms with Gasteiger partial charge in [0.05, 0.1) is 17.9 Å². The third-order valence-corrected chi connectivity index (χ3v) is 9.04. The Kier molecular flexibility index (Phi) is 11.3. The summed E-state index contributed by atoms with van der Waals surface area (Å²) in [4.78, 5) is 73.1. The summed E-state index contributed by atoms with van der Waals surface area (Å²) < 4.78 is 6.76. The van der Waals surface area contributed by atoms with Gasteiger partial charge in [-0.3, -0.25) is 24.1 Å². The molecule has 0 saturated carbocycles. The molecule has 1 aliphatic heterocycles. The lowest BCUT2D eigenvalue weighted by Crippen LogP contribution is -2.52. The molecule has 6 rings (SSSR count). The van der Waals surface area contributed by atoms with Crippen LogP contribution in [-0.4, -0.2) is 97.0 Å². The molecule has 0 spiro atoms. The highest BCUT2D eigenvalue weighted by Gasteiger charge is 2.28. The minimum Gasteiger partial charge on any atom is -0.455 e. The van der Waals surface area contributed by atoms with Crippen molar-refractivity contribution in [2.24, 2.45) is 0 Å². The monoisotopic (exact) mass is 768 g/mol. The van der Waals surface area contributed by atoms with Crippen LogP contribution in [0.3, 0.4) is 0 Å². The average molecular weight is 769 g/mol. The normalized spacial score (nSPS) is 14.2. The molecule has 1 saturated heterocycles. The van der Waals surface area contributed by atoms with E-state index in [-0.39, 0.29) is 34.8 Å². The molecule has 0 unspecified atom stereocenters. The lowest BCUT2D eigenvalue weighted by molar-refractivity contribution is -0.137. The van der Waals surface area contributed by atoms with Gasteiger partial charge < -0.3 is 30.6 Å². The predicted octanol–water partition coefficient (Wildman–Crippen LogP) is 4.11. The van der Waals surface area contributed by atoms with Crippen LogP contribution in [0.25, 0.3) is 16.6 Å². The number of nitrogens with zero attached hydrogens (tertiary/aromatic N) is 6. The second-order valence-corrected chi connectivity index (χ2v) is 14.8. The minimum absolute atomic E-state index is 0.00242. The third kappa shape index (κ3) is 9.52. The Morgan fingerprint density at radius 1 is 0.945 bits per heavy atom. The number of halogens is 1. The molecule has 1 fully saturated rings. The van der Waals surface area contributed by atoms with E-state index < -0.39 is 35.3 Å². The van der Waals surface area contributed by atoms with Gasteiger partial charge in [0.15, 0.2) is 0 Å². The first-order valence-corrected chi connectivity index (χ1v) is 18.0. The van der Waals surface area contributed by atoms with Crippen molar-refractivity contribution in [2.45, 2.75) is 58.7 Å². The van der Waals surface area contributed by atoms with Gasteiger partial charge in [0.2, 0.25) is 11.8 Å². The van der Waals surface area contributed by atoms with Crippen molar-refractivity contribution < 1.29 is 28.7 Å². The van der Waals surface area contributed by atoms with Crippen molar-refractivity contribution in [3.05, 3.63) is 89.3 Å². The number of carbonyl (C=O) groups excluding carboxylic acids is 5. The SMILES string of the molecule is CC(C)N1CCN(c2ccc(C[C@H](NC(=O)C(=O)Nc3cc(Cl)ccc3-n3cnnn3)C(=O)Nc3ccc4[nH]c(C(=O)OC(C)(C)C)cc4c3)cc2)C(=O)C1. The molecule has 4 N–H and O–H groups in total. The van der Waals surface area contributed by atoms with E-state index in [1.165, 1.54) is 17.1 Å². The van der Waals surface area contributed by atoms with E-state index >= 15 is 0 Å². The van der Waals surface area contributed by atoms with Crippen molar-refractivity contribution in [1.82, 2.24) is 35.4 Å². The number of H-pyrrole nitrogens is 1. The van der Waals surface area contributed by atoms with E-state index in [0.717, 1.165) is 6.54 Å². The largest absolute Gasteiger partial charge is 0.455 e. The maximum Gasteiger partial charge on any atom is 0.355 e. The van der Waals surface area contributed by atoms with E-state index in [1.807, 2.05) is 0 Å². The number of aromatic amines is 1. The number of ether oxygens (including phenoxy) is 1. The lowest BCUT2D eigenvalue weighted by Gasteiger charge is -2.36. The van der Waals surface area contributed by atoms with Gasteiger partial charge in [-0.15, -0.1) is 5.10 Å². The van der Waals surface area contributed by atoms with Crippen LogP contribution >= 0.6 is 11.6 Å². The van der Waals surface area contributed by atoms with Crippen LogP contribution in [0.5, 0.6) is 0 Å². The standard InChI is InChI=1S/C38H41ClN10O6/c1-22(2)47-14-15-48(33(50)20-47)27-10-6-23(7-11-27)16-30(44-36(53)35(52)43-29-19-25(39)8-13-32(29)49-21-40-45-46-49)34(51)41-26-9-12-28-24(17-26)18-31(42-28)37(54)55-38(3,4)5/h6-13,17-19,21-22,30,42H,14-16,20H2,1-5H3,(H,41,51)(H,43,52)(H,44,53)/t30-/m0/s1. The molecule has 3 heterocycles. The highest BCUT2D eigenvalue weighted by Crippen LogP contribution is 2.25. The van der Waals surface area contributed by atoms with Crippen LogP contribution in [0.4, 0.5) is 17.1 Å². The number of carbonyl (C=O) groups is 5. The van der Waals surface area contributed by atoms with Gasteiger partial charge in [0.1, 0.15) is 23.7 Å². The van der Waals surface area contributed by atoms with Crippen molar-refractivity contribution in [2.75, 3.05) is 35.2 Å². The zero-order chi connectivity index (χ0) is 39.4. The Bertz CT molecular complexity index is 2230. The molecule has 286 valence electrons. The maximum absolute atomic E-state index is 13.9. The summed E-state index contributed by atoms with van der Waals surface area (Å²) in [7, 11) is 0. The molecule has 4 amide bonds. The number of benzene rings is 3. The highest BCUT2D eigenvalue weighted by molar-refractivity contribution is 6.40. The van der Waals surface area contributed by atoms with Crippen LogP contribution in [-0.2, 0) is 30.3 Å². The number of hydrogen-bond acceptors (Lipinski definition) is 10. The number of fused-ring (bicyclic) bond motifs is 1. The van der Waals surface area contributed by atoms with E-state index in [1.54, 1.807) is 86.3 Å². The number of esters is 1. The van der Waals surface area contributed by atoms with Gasteiger partial charge in [-0.25, -0.2) is 4.79 Å². The molecule has 0 aliphatic carbocycles. The second-order valence-electron chi connectivity index (χ2n) is 14.4. The summed E-state index contributed by atoms with van der Waals surface area (Å²) in [6, 6.07) is 17.4. The van der Waals surface area contributed by atoms with E-state index in [2.05, 4.69) is 55.2 Å². The molecule has 1 aliphatic rings. The molecule has 0 bridgehead atoms. The van der Waals surface area contributed by atoms with E-state index in [4.69, 9.17) is 16.3 Å². The Labute approximate surface area is 321 Å². The number of nitrogens with one attached hydrogen (secondary N) is 4. The van der Waals surface area contributed by atoms with Crippen molar-refractivity contribution in [3.63, 3.8) is 0 Å². The average Bonchev–Trinajstić information content (AvgIpc) is 3.82. The summed E-state index contributed by atoms with van der Waals surface area (Å²) in [5.41, 5.74) is 2.48. The van der Waals surface area contributed by atoms with Crippen molar-refractivity contribution in [1.29, 1.82) is 0 Å². The second kappa shape index (κ2) is 16.1. The number of aromatic nitrogens is 5. The zero-order valence-electron chi connectivity index (χ0n) is 30.9. The first-order valence-electron chi connectivity index (χ1n) is 17.6.